The van der Waals surface area contributed by atoms with Crippen molar-refractivity contribution < 1.29 is 4.42 Å². The molecule has 4 aromatic heterocycles. The largest absolute Gasteiger partial charge is 0.467 e. The molecule has 0 unspecified atom stereocenters. The summed E-state index contributed by atoms with van der Waals surface area (Å²) in [4.78, 5) is 20.6. The fourth-order valence-corrected chi connectivity index (χ4v) is 3.50. The van der Waals surface area contributed by atoms with E-state index in [1.165, 1.54) is 0 Å². The van der Waals surface area contributed by atoms with E-state index in [-0.39, 0.29) is 5.56 Å². The van der Waals surface area contributed by atoms with Gasteiger partial charge in [0.05, 0.1) is 23.9 Å². The SMILES string of the molecule is Cc1cccc2cc(-c3nc4ccccn4c3NCc3ccco3)c(=O)[nH]c12. The maximum Gasteiger partial charge on any atom is 0.258 e. The fourth-order valence-electron chi connectivity index (χ4n) is 3.50. The average molecular weight is 370 g/mol. The Balaban J connectivity index is 1.70. The topological polar surface area (TPSA) is 75.3 Å². The monoisotopic (exact) mass is 370 g/mol. The van der Waals surface area contributed by atoms with E-state index in [0.29, 0.717) is 17.8 Å². The zero-order valence-corrected chi connectivity index (χ0v) is 15.3. The van der Waals surface area contributed by atoms with Crippen molar-refractivity contribution in [2.24, 2.45) is 0 Å². The molecule has 0 bridgehead atoms. The Morgan fingerprint density at radius 1 is 1.14 bits per heavy atom. The van der Waals surface area contributed by atoms with Crippen LogP contribution in [0.3, 0.4) is 0 Å². The molecule has 0 saturated carbocycles. The Labute approximate surface area is 160 Å². The van der Waals surface area contributed by atoms with Gasteiger partial charge in [0.25, 0.3) is 5.56 Å². The van der Waals surface area contributed by atoms with E-state index in [1.54, 1.807) is 6.26 Å². The minimum atomic E-state index is -0.161. The minimum absolute atomic E-state index is 0.161. The second kappa shape index (κ2) is 6.42. The lowest BCUT2D eigenvalue weighted by atomic mass is 10.1. The number of aryl methyl sites for hydroxylation is 1. The van der Waals surface area contributed by atoms with Crippen molar-refractivity contribution in [1.29, 1.82) is 0 Å². The smallest absolute Gasteiger partial charge is 0.258 e. The molecular formula is C22H18N4O2. The van der Waals surface area contributed by atoms with Crippen LogP contribution < -0.4 is 10.9 Å². The number of pyridine rings is 2. The summed E-state index contributed by atoms with van der Waals surface area (Å²) in [5.74, 6) is 1.56. The van der Waals surface area contributed by atoms with Gasteiger partial charge in [-0.15, -0.1) is 0 Å². The maximum absolute atomic E-state index is 12.9. The molecule has 28 heavy (non-hydrogen) atoms. The van der Waals surface area contributed by atoms with Gasteiger partial charge in [0, 0.05) is 6.20 Å². The highest BCUT2D eigenvalue weighted by molar-refractivity contribution is 5.87. The van der Waals surface area contributed by atoms with Gasteiger partial charge in [-0.05, 0) is 48.2 Å². The average Bonchev–Trinajstić information content (AvgIpc) is 3.34. The molecule has 0 spiro atoms. The van der Waals surface area contributed by atoms with Crippen LogP contribution in [0.5, 0.6) is 0 Å². The predicted octanol–water partition coefficient (Wildman–Crippen LogP) is 4.36. The Bertz CT molecular complexity index is 1350. The van der Waals surface area contributed by atoms with Gasteiger partial charge in [0.2, 0.25) is 0 Å². The summed E-state index contributed by atoms with van der Waals surface area (Å²) in [6.45, 7) is 2.48. The molecule has 1 aromatic carbocycles. The molecule has 6 nitrogen and oxygen atoms in total. The highest BCUT2D eigenvalue weighted by Crippen LogP contribution is 2.29. The van der Waals surface area contributed by atoms with Gasteiger partial charge >= 0.3 is 0 Å². The number of hydrogen-bond donors (Lipinski definition) is 2. The highest BCUT2D eigenvalue weighted by Gasteiger charge is 2.17. The molecule has 5 rings (SSSR count). The Morgan fingerprint density at radius 2 is 2.07 bits per heavy atom. The van der Waals surface area contributed by atoms with Crippen LogP contribution in [0.2, 0.25) is 0 Å². The number of para-hydroxylation sites is 1. The zero-order valence-electron chi connectivity index (χ0n) is 15.3. The third-order valence-electron chi connectivity index (χ3n) is 4.88. The summed E-state index contributed by atoms with van der Waals surface area (Å²) in [5.41, 5.74) is 3.64. The molecular weight excluding hydrogens is 352 g/mol. The number of hydrogen-bond acceptors (Lipinski definition) is 4. The Kier molecular flexibility index (Phi) is 3.76. The van der Waals surface area contributed by atoms with E-state index in [2.05, 4.69) is 10.3 Å². The maximum atomic E-state index is 12.9. The standard InChI is InChI=1S/C22H18N4O2/c1-14-6-4-7-15-12-17(22(27)25-19(14)15)20-21(23-13-16-8-5-11-28-16)26-10-3-2-9-18(26)24-20/h2-12,23H,13H2,1H3,(H,25,27). The molecule has 0 aliphatic carbocycles. The van der Waals surface area contributed by atoms with Crippen LogP contribution in [0.25, 0.3) is 27.8 Å². The van der Waals surface area contributed by atoms with E-state index in [1.807, 2.05) is 72.1 Å². The van der Waals surface area contributed by atoms with Crippen LogP contribution in [0.15, 0.2) is 76.3 Å². The van der Waals surface area contributed by atoms with Crippen LogP contribution in [0.4, 0.5) is 5.82 Å². The van der Waals surface area contributed by atoms with Crippen LogP contribution in [0.1, 0.15) is 11.3 Å². The molecule has 6 heteroatoms. The lowest BCUT2D eigenvalue weighted by Crippen LogP contribution is -2.11. The number of imidazole rings is 1. The first-order valence-corrected chi connectivity index (χ1v) is 9.07. The summed E-state index contributed by atoms with van der Waals surface area (Å²) in [6, 6.07) is 17.4. The van der Waals surface area contributed by atoms with Gasteiger partial charge in [-0.25, -0.2) is 4.98 Å². The lowest BCUT2D eigenvalue weighted by Gasteiger charge is -2.08. The van der Waals surface area contributed by atoms with Crippen LogP contribution in [-0.4, -0.2) is 14.4 Å². The summed E-state index contributed by atoms with van der Waals surface area (Å²) in [7, 11) is 0. The molecule has 4 heterocycles. The fraction of sp³-hybridized carbons (Fsp3) is 0.0909. The number of aromatic amines is 1. The number of H-pyrrole nitrogens is 1. The summed E-state index contributed by atoms with van der Waals surface area (Å²) in [5, 5.41) is 4.35. The van der Waals surface area contributed by atoms with Gasteiger partial charge in [0.15, 0.2) is 0 Å². The quantitative estimate of drug-likeness (QED) is 0.493. The number of rotatable bonds is 4. The third kappa shape index (κ3) is 2.66. The van der Waals surface area contributed by atoms with Crippen molar-refractivity contribution in [1.82, 2.24) is 14.4 Å². The second-order valence-electron chi connectivity index (χ2n) is 6.72. The van der Waals surface area contributed by atoms with Crippen molar-refractivity contribution in [3.63, 3.8) is 0 Å². The minimum Gasteiger partial charge on any atom is -0.467 e. The van der Waals surface area contributed by atoms with Crippen LogP contribution in [-0.2, 0) is 6.54 Å². The first kappa shape index (κ1) is 16.4. The van der Waals surface area contributed by atoms with Gasteiger partial charge in [-0.2, -0.15) is 0 Å². The molecule has 0 amide bonds. The zero-order chi connectivity index (χ0) is 19.1. The third-order valence-corrected chi connectivity index (χ3v) is 4.88. The number of nitrogens with zero attached hydrogens (tertiary/aromatic N) is 2. The van der Waals surface area contributed by atoms with Crippen molar-refractivity contribution >= 4 is 22.4 Å². The number of anilines is 1. The molecule has 0 radical (unpaired) electrons. The molecule has 0 aliphatic rings. The number of furan rings is 1. The summed E-state index contributed by atoms with van der Waals surface area (Å²) < 4.78 is 7.37. The first-order chi connectivity index (χ1) is 13.7. The van der Waals surface area contributed by atoms with Gasteiger partial charge in [-0.3, -0.25) is 9.20 Å². The number of aromatic nitrogens is 3. The summed E-state index contributed by atoms with van der Waals surface area (Å²) >= 11 is 0. The number of nitrogens with one attached hydrogen (secondary N) is 2. The molecule has 0 saturated heterocycles. The number of fused-ring (bicyclic) bond motifs is 2. The normalized spacial score (nSPS) is 11.3. The van der Waals surface area contributed by atoms with Gasteiger partial charge in [-0.1, -0.05) is 24.3 Å². The van der Waals surface area contributed by atoms with Crippen molar-refractivity contribution in [2.45, 2.75) is 13.5 Å². The second-order valence-corrected chi connectivity index (χ2v) is 6.72. The van der Waals surface area contributed by atoms with E-state index in [9.17, 15) is 4.79 Å². The van der Waals surface area contributed by atoms with Crippen LogP contribution in [0, 0.1) is 6.92 Å². The van der Waals surface area contributed by atoms with Gasteiger partial charge in [0.1, 0.15) is 22.9 Å². The summed E-state index contributed by atoms with van der Waals surface area (Å²) in [6.07, 6.45) is 3.57. The molecule has 0 fully saturated rings. The predicted molar refractivity (Wildman–Crippen MR) is 110 cm³/mol. The van der Waals surface area contributed by atoms with E-state index in [4.69, 9.17) is 9.40 Å². The molecule has 2 N–H and O–H groups in total. The first-order valence-electron chi connectivity index (χ1n) is 9.07. The number of benzene rings is 1. The van der Waals surface area contributed by atoms with Crippen LogP contribution >= 0.6 is 0 Å². The van der Waals surface area contributed by atoms with E-state index >= 15 is 0 Å². The van der Waals surface area contributed by atoms with Gasteiger partial charge < -0.3 is 14.7 Å². The van der Waals surface area contributed by atoms with Crippen molar-refractivity contribution in [3.05, 3.63) is 88.7 Å². The van der Waals surface area contributed by atoms with E-state index in [0.717, 1.165) is 33.7 Å². The highest BCUT2D eigenvalue weighted by atomic mass is 16.3. The van der Waals surface area contributed by atoms with Crippen molar-refractivity contribution in [2.75, 3.05) is 5.32 Å². The van der Waals surface area contributed by atoms with Crippen molar-refractivity contribution in [3.8, 4) is 11.3 Å². The molecule has 5 aromatic rings. The molecule has 138 valence electrons. The Hall–Kier alpha value is -3.80. The molecule has 0 aliphatic heterocycles. The van der Waals surface area contributed by atoms with E-state index < -0.39 is 0 Å². The Morgan fingerprint density at radius 3 is 2.93 bits per heavy atom. The lowest BCUT2D eigenvalue weighted by molar-refractivity contribution is 0.518. The molecule has 0 atom stereocenters.